The van der Waals surface area contributed by atoms with Crippen molar-refractivity contribution in [1.82, 2.24) is 4.90 Å². The van der Waals surface area contributed by atoms with Crippen LogP contribution in [0.15, 0.2) is 28.7 Å². The topological polar surface area (TPSA) is 20.3 Å². The minimum atomic E-state index is -0.0833. The van der Waals surface area contributed by atoms with Gasteiger partial charge < -0.3 is 4.90 Å². The van der Waals surface area contributed by atoms with Crippen LogP contribution in [0.2, 0.25) is 0 Å². The third-order valence-electron chi connectivity index (χ3n) is 2.37. The van der Waals surface area contributed by atoms with Gasteiger partial charge in [0.1, 0.15) is 0 Å². The van der Waals surface area contributed by atoms with Crippen LogP contribution in [0.5, 0.6) is 0 Å². The summed E-state index contributed by atoms with van der Waals surface area (Å²) in [6.45, 7) is 2.62. The summed E-state index contributed by atoms with van der Waals surface area (Å²) >= 11 is 6.85. The van der Waals surface area contributed by atoms with Gasteiger partial charge in [0.05, 0.1) is 4.83 Å². The van der Waals surface area contributed by atoms with Gasteiger partial charge in [-0.3, -0.25) is 4.79 Å². The lowest BCUT2D eigenvalue weighted by molar-refractivity contribution is -0.129. The van der Waals surface area contributed by atoms with Crippen LogP contribution >= 0.6 is 31.9 Å². The molecule has 1 rings (SSSR count). The van der Waals surface area contributed by atoms with Gasteiger partial charge in [0, 0.05) is 18.1 Å². The minimum absolute atomic E-state index is 0.0833. The number of hydrogen-bond acceptors (Lipinski definition) is 1. The fraction of sp³-hybridized carbons (Fsp3) is 0.417. The van der Waals surface area contributed by atoms with Gasteiger partial charge in [-0.2, -0.15) is 0 Å². The Hall–Kier alpha value is -0.350. The number of halogens is 2. The van der Waals surface area contributed by atoms with Gasteiger partial charge in [0.2, 0.25) is 5.91 Å². The molecule has 0 aliphatic heterocycles. The van der Waals surface area contributed by atoms with E-state index in [4.69, 9.17) is 0 Å². The zero-order valence-corrected chi connectivity index (χ0v) is 12.6. The number of carbonyl (C=O) groups excluding carboxylic acids is 1. The Bertz CT molecular complexity index is 368. The molecule has 1 unspecified atom stereocenters. The number of carbonyl (C=O) groups is 1. The van der Waals surface area contributed by atoms with E-state index in [1.54, 1.807) is 4.90 Å². The van der Waals surface area contributed by atoms with Crippen molar-refractivity contribution in [2.24, 2.45) is 0 Å². The lowest BCUT2D eigenvalue weighted by Gasteiger charge is -2.20. The van der Waals surface area contributed by atoms with Crippen molar-refractivity contribution >= 4 is 37.8 Å². The van der Waals surface area contributed by atoms with Crippen LogP contribution in [0.3, 0.4) is 0 Å². The zero-order chi connectivity index (χ0) is 12.1. The van der Waals surface area contributed by atoms with Gasteiger partial charge in [-0.15, -0.1) is 0 Å². The molecule has 0 saturated carbocycles. The maximum atomic E-state index is 11.9. The molecule has 0 radical (unpaired) electrons. The van der Waals surface area contributed by atoms with Gasteiger partial charge in [-0.1, -0.05) is 57.0 Å². The maximum Gasteiger partial charge on any atom is 0.236 e. The first-order chi connectivity index (χ1) is 7.56. The standard InChI is InChI=1S/C12H15Br2NO/c1-3-10(13)12(16)15(2)8-9-6-4-5-7-11(9)14/h4-7,10H,3,8H2,1-2H3. The minimum Gasteiger partial charge on any atom is -0.340 e. The second-order valence-electron chi connectivity index (χ2n) is 3.66. The molecule has 2 nitrogen and oxygen atoms in total. The number of benzene rings is 1. The van der Waals surface area contributed by atoms with E-state index >= 15 is 0 Å². The Morgan fingerprint density at radius 2 is 2.06 bits per heavy atom. The summed E-state index contributed by atoms with van der Waals surface area (Å²) in [5.41, 5.74) is 1.12. The van der Waals surface area contributed by atoms with Gasteiger partial charge in [-0.25, -0.2) is 0 Å². The van der Waals surface area contributed by atoms with E-state index in [-0.39, 0.29) is 10.7 Å². The number of hydrogen-bond donors (Lipinski definition) is 0. The van der Waals surface area contributed by atoms with Gasteiger partial charge in [0.15, 0.2) is 0 Å². The number of nitrogens with zero attached hydrogens (tertiary/aromatic N) is 1. The molecule has 1 aromatic carbocycles. The molecule has 1 atom stereocenters. The number of alkyl halides is 1. The van der Waals surface area contributed by atoms with Crippen LogP contribution in [-0.4, -0.2) is 22.7 Å². The molecule has 0 heterocycles. The van der Waals surface area contributed by atoms with E-state index in [0.717, 1.165) is 16.5 Å². The summed E-state index contributed by atoms with van der Waals surface area (Å²) in [5.74, 6) is 0.123. The Morgan fingerprint density at radius 3 is 2.62 bits per heavy atom. The van der Waals surface area contributed by atoms with Crippen LogP contribution in [0.4, 0.5) is 0 Å². The highest BCUT2D eigenvalue weighted by atomic mass is 79.9. The maximum absolute atomic E-state index is 11.9. The summed E-state index contributed by atoms with van der Waals surface area (Å²) in [7, 11) is 1.83. The van der Waals surface area contributed by atoms with E-state index in [9.17, 15) is 4.79 Å². The molecule has 0 N–H and O–H groups in total. The molecule has 0 aliphatic carbocycles. The monoisotopic (exact) mass is 347 g/mol. The third-order valence-corrected chi connectivity index (χ3v) is 4.18. The molecule has 4 heteroatoms. The average molecular weight is 349 g/mol. The number of rotatable bonds is 4. The largest absolute Gasteiger partial charge is 0.340 e. The second kappa shape index (κ2) is 6.40. The van der Waals surface area contributed by atoms with Crippen molar-refractivity contribution < 1.29 is 4.79 Å². The van der Waals surface area contributed by atoms with Crippen molar-refractivity contribution in [2.75, 3.05) is 7.05 Å². The smallest absolute Gasteiger partial charge is 0.236 e. The molecule has 0 bridgehead atoms. The van der Waals surface area contributed by atoms with Gasteiger partial charge in [0.25, 0.3) is 0 Å². The van der Waals surface area contributed by atoms with E-state index in [0.29, 0.717) is 6.54 Å². The van der Waals surface area contributed by atoms with E-state index < -0.39 is 0 Å². The molecular formula is C12H15Br2NO. The third kappa shape index (κ3) is 3.59. The molecule has 0 aromatic heterocycles. The number of amides is 1. The molecule has 16 heavy (non-hydrogen) atoms. The molecule has 1 aromatic rings. The van der Waals surface area contributed by atoms with Crippen LogP contribution in [0.1, 0.15) is 18.9 Å². The highest BCUT2D eigenvalue weighted by molar-refractivity contribution is 9.10. The molecule has 0 spiro atoms. The van der Waals surface area contributed by atoms with E-state index in [2.05, 4.69) is 31.9 Å². The molecule has 1 amide bonds. The van der Waals surface area contributed by atoms with Crippen LogP contribution < -0.4 is 0 Å². The lowest BCUT2D eigenvalue weighted by atomic mass is 10.2. The Balaban J connectivity index is 2.68. The van der Waals surface area contributed by atoms with Crippen LogP contribution in [0.25, 0.3) is 0 Å². The van der Waals surface area contributed by atoms with Crippen molar-refractivity contribution in [3.8, 4) is 0 Å². The fourth-order valence-electron chi connectivity index (χ4n) is 1.37. The first kappa shape index (κ1) is 13.7. The Labute approximate surface area is 113 Å². The van der Waals surface area contributed by atoms with Gasteiger partial charge >= 0.3 is 0 Å². The molecule has 88 valence electrons. The normalized spacial score (nSPS) is 12.2. The lowest BCUT2D eigenvalue weighted by Crippen LogP contribution is -2.32. The van der Waals surface area contributed by atoms with Crippen molar-refractivity contribution in [3.63, 3.8) is 0 Å². The van der Waals surface area contributed by atoms with Crippen molar-refractivity contribution in [2.45, 2.75) is 24.7 Å². The second-order valence-corrected chi connectivity index (χ2v) is 5.62. The Kier molecular flexibility index (Phi) is 5.49. The average Bonchev–Trinajstić information content (AvgIpc) is 2.30. The molecular weight excluding hydrogens is 334 g/mol. The van der Waals surface area contributed by atoms with Gasteiger partial charge in [-0.05, 0) is 18.1 Å². The Morgan fingerprint density at radius 1 is 1.44 bits per heavy atom. The molecule has 0 saturated heterocycles. The highest BCUT2D eigenvalue weighted by Gasteiger charge is 2.17. The zero-order valence-electron chi connectivity index (χ0n) is 9.41. The van der Waals surface area contributed by atoms with E-state index in [1.807, 2.05) is 38.2 Å². The molecule has 0 fully saturated rings. The first-order valence-electron chi connectivity index (χ1n) is 5.18. The SMILES string of the molecule is CCC(Br)C(=O)N(C)Cc1ccccc1Br. The highest BCUT2D eigenvalue weighted by Crippen LogP contribution is 2.18. The molecule has 0 aliphatic rings. The summed E-state index contributed by atoms with van der Waals surface area (Å²) in [6.07, 6.45) is 0.805. The predicted octanol–water partition coefficient (Wildman–Crippen LogP) is 3.58. The summed E-state index contributed by atoms with van der Waals surface area (Å²) in [5, 5.41) is 0. The van der Waals surface area contributed by atoms with E-state index in [1.165, 1.54) is 0 Å². The van der Waals surface area contributed by atoms with Crippen molar-refractivity contribution in [1.29, 1.82) is 0 Å². The van der Waals surface area contributed by atoms with Crippen molar-refractivity contribution in [3.05, 3.63) is 34.3 Å². The predicted molar refractivity (Wildman–Crippen MR) is 73.6 cm³/mol. The summed E-state index contributed by atoms with van der Waals surface area (Å²) in [4.78, 5) is 13.5. The summed E-state index contributed by atoms with van der Waals surface area (Å²) < 4.78 is 1.04. The summed E-state index contributed by atoms with van der Waals surface area (Å²) in [6, 6.07) is 7.95. The quantitative estimate of drug-likeness (QED) is 0.761. The fourth-order valence-corrected chi connectivity index (χ4v) is 2.13. The van der Waals surface area contributed by atoms with Crippen LogP contribution in [-0.2, 0) is 11.3 Å². The van der Waals surface area contributed by atoms with Crippen LogP contribution in [0, 0.1) is 0 Å². The first-order valence-corrected chi connectivity index (χ1v) is 6.89.